The van der Waals surface area contributed by atoms with Gasteiger partial charge in [0.2, 0.25) is 11.8 Å². The van der Waals surface area contributed by atoms with Gasteiger partial charge >= 0.3 is 0 Å². The molecule has 3 N–H and O–H groups in total. The third kappa shape index (κ3) is 9.79. The van der Waals surface area contributed by atoms with E-state index in [2.05, 4.69) is 20.5 Å². The van der Waals surface area contributed by atoms with Gasteiger partial charge < -0.3 is 30.1 Å². The van der Waals surface area contributed by atoms with E-state index in [4.69, 9.17) is 14.5 Å². The Bertz CT molecular complexity index is 1760. The van der Waals surface area contributed by atoms with E-state index in [0.717, 1.165) is 44.2 Å². The van der Waals surface area contributed by atoms with Gasteiger partial charge in [-0.2, -0.15) is 0 Å². The number of methoxy groups -OCH3 is 2. The number of rotatable bonds is 16. The number of ether oxygens (including phenoxy) is 2. The molecule has 0 saturated carbocycles. The second kappa shape index (κ2) is 17.1. The van der Waals surface area contributed by atoms with Crippen LogP contribution in [0.3, 0.4) is 0 Å². The first kappa shape index (κ1) is 36.3. The standard InChI is InChI=1S/C39H45N5O5S/c1-25(2)20-34(41-26(3)45)38(47)42-33(37(46)39-43-32-8-6-7-9-35(32)50-39)21-29-14-19-36(40-22-29)44(23-27-10-15-30(48-4)16-11-27)24-28-12-17-31(49-5)18-13-28/h6-19,22,25,33-34,37,46H,20-21,23-24H2,1-5H3,(H,41,45)(H,42,47). The Morgan fingerprint density at radius 3 is 1.96 bits per heavy atom. The Hall–Kier alpha value is -5.00. The molecule has 0 aliphatic heterocycles. The van der Waals surface area contributed by atoms with Crippen molar-refractivity contribution in [2.75, 3.05) is 19.1 Å². The number of thiazole rings is 1. The summed E-state index contributed by atoms with van der Waals surface area (Å²) in [5.74, 6) is 1.88. The average molecular weight is 696 g/mol. The molecule has 11 heteroatoms. The number of carbonyl (C=O) groups is 2. The smallest absolute Gasteiger partial charge is 0.242 e. The number of anilines is 1. The third-order valence-electron chi connectivity index (χ3n) is 8.33. The van der Waals surface area contributed by atoms with E-state index in [1.807, 2.05) is 98.8 Å². The zero-order valence-electron chi connectivity index (χ0n) is 29.1. The average Bonchev–Trinajstić information content (AvgIpc) is 3.55. The number of nitrogens with one attached hydrogen (secondary N) is 2. The number of hydrogen-bond acceptors (Lipinski definition) is 9. The summed E-state index contributed by atoms with van der Waals surface area (Å²) in [6.07, 6.45) is 1.45. The SMILES string of the molecule is COc1ccc(CN(Cc2ccc(OC)cc2)c2ccc(CC(NC(=O)C(CC(C)C)NC(C)=O)C(O)c3nc4ccccc4s3)cn2)cc1. The molecule has 5 rings (SSSR count). The van der Waals surface area contributed by atoms with Crippen molar-refractivity contribution in [1.82, 2.24) is 20.6 Å². The first-order valence-electron chi connectivity index (χ1n) is 16.7. The van der Waals surface area contributed by atoms with Crippen LogP contribution in [0.4, 0.5) is 5.82 Å². The quantitative estimate of drug-likeness (QED) is 0.111. The van der Waals surface area contributed by atoms with E-state index in [1.54, 1.807) is 20.4 Å². The minimum Gasteiger partial charge on any atom is -0.497 e. The Morgan fingerprint density at radius 1 is 0.840 bits per heavy atom. The molecule has 0 aliphatic rings. The van der Waals surface area contributed by atoms with Crippen molar-refractivity contribution in [3.63, 3.8) is 0 Å². The van der Waals surface area contributed by atoms with Crippen molar-refractivity contribution < 1.29 is 24.2 Å². The molecule has 0 radical (unpaired) electrons. The normalized spacial score (nSPS) is 13.0. The summed E-state index contributed by atoms with van der Waals surface area (Å²) >= 11 is 1.39. The number of pyridine rings is 1. The van der Waals surface area contributed by atoms with Gasteiger partial charge in [0.05, 0.1) is 30.5 Å². The van der Waals surface area contributed by atoms with Crippen LogP contribution in [0.2, 0.25) is 0 Å². The maximum atomic E-state index is 13.6. The topological polar surface area (TPSA) is 126 Å². The van der Waals surface area contributed by atoms with Crippen LogP contribution < -0.4 is 25.0 Å². The van der Waals surface area contributed by atoms with Crippen LogP contribution in [-0.4, -0.2) is 53.2 Å². The van der Waals surface area contributed by atoms with Crippen LogP contribution in [0.1, 0.15) is 55.0 Å². The van der Waals surface area contributed by atoms with E-state index < -0.39 is 18.2 Å². The van der Waals surface area contributed by atoms with Gasteiger partial charge in [-0.1, -0.05) is 56.3 Å². The van der Waals surface area contributed by atoms with Crippen molar-refractivity contribution in [3.05, 3.63) is 113 Å². The Morgan fingerprint density at radius 2 is 1.44 bits per heavy atom. The lowest BCUT2D eigenvalue weighted by atomic mass is 9.99. The lowest BCUT2D eigenvalue weighted by Crippen LogP contribution is -2.51. The number of carbonyl (C=O) groups excluding carboxylic acids is 2. The molecule has 0 aliphatic carbocycles. The van der Waals surface area contributed by atoms with Crippen LogP contribution in [0.15, 0.2) is 91.1 Å². The number of aromatic nitrogens is 2. The van der Waals surface area contributed by atoms with Crippen LogP contribution in [0, 0.1) is 5.92 Å². The molecule has 3 aromatic carbocycles. The molecular weight excluding hydrogens is 651 g/mol. The van der Waals surface area contributed by atoms with E-state index >= 15 is 0 Å². The summed E-state index contributed by atoms with van der Waals surface area (Å²) in [5.41, 5.74) is 3.81. The number of amides is 2. The van der Waals surface area contributed by atoms with Crippen LogP contribution in [0.5, 0.6) is 11.5 Å². The fraction of sp³-hybridized carbons (Fsp3) is 0.333. The molecule has 262 valence electrons. The summed E-state index contributed by atoms with van der Waals surface area (Å²) in [6.45, 7) is 6.61. The van der Waals surface area contributed by atoms with Gasteiger partial charge in [0.1, 0.15) is 34.5 Å². The largest absolute Gasteiger partial charge is 0.497 e. The maximum Gasteiger partial charge on any atom is 0.242 e. The molecule has 0 saturated heterocycles. The zero-order valence-corrected chi connectivity index (χ0v) is 29.9. The Kier molecular flexibility index (Phi) is 12.4. The van der Waals surface area contributed by atoms with Gasteiger partial charge in [0, 0.05) is 26.2 Å². The minimum atomic E-state index is -1.09. The number of benzene rings is 3. The van der Waals surface area contributed by atoms with Gasteiger partial charge in [-0.25, -0.2) is 9.97 Å². The van der Waals surface area contributed by atoms with E-state index in [-0.39, 0.29) is 17.7 Å². The second-order valence-electron chi connectivity index (χ2n) is 12.7. The van der Waals surface area contributed by atoms with Gasteiger partial charge in [0.25, 0.3) is 0 Å². The fourth-order valence-electron chi connectivity index (χ4n) is 5.76. The lowest BCUT2D eigenvalue weighted by molar-refractivity contribution is -0.129. The highest BCUT2D eigenvalue weighted by molar-refractivity contribution is 7.18. The van der Waals surface area contributed by atoms with Crippen molar-refractivity contribution in [2.45, 2.75) is 64.9 Å². The molecule has 10 nitrogen and oxygen atoms in total. The molecule has 5 aromatic rings. The minimum absolute atomic E-state index is 0.167. The van der Waals surface area contributed by atoms with Crippen LogP contribution in [0.25, 0.3) is 10.2 Å². The summed E-state index contributed by atoms with van der Waals surface area (Å²) in [4.78, 5) is 37.3. The molecule has 2 aromatic heterocycles. The zero-order chi connectivity index (χ0) is 35.6. The molecular formula is C39H45N5O5S. The lowest BCUT2D eigenvalue weighted by Gasteiger charge is -2.27. The maximum absolute atomic E-state index is 13.6. The summed E-state index contributed by atoms with van der Waals surface area (Å²) < 4.78 is 11.6. The highest BCUT2D eigenvalue weighted by Crippen LogP contribution is 2.30. The number of hydrogen-bond donors (Lipinski definition) is 3. The highest BCUT2D eigenvalue weighted by atomic mass is 32.1. The third-order valence-corrected chi connectivity index (χ3v) is 9.43. The van der Waals surface area contributed by atoms with Crippen molar-refractivity contribution in [1.29, 1.82) is 0 Å². The van der Waals surface area contributed by atoms with Crippen LogP contribution >= 0.6 is 11.3 Å². The van der Waals surface area contributed by atoms with Gasteiger partial charge in [0.15, 0.2) is 0 Å². The monoisotopic (exact) mass is 695 g/mol. The van der Waals surface area contributed by atoms with Crippen molar-refractivity contribution in [2.24, 2.45) is 5.92 Å². The van der Waals surface area contributed by atoms with Crippen molar-refractivity contribution >= 4 is 39.2 Å². The molecule has 0 fully saturated rings. The molecule has 0 bridgehead atoms. The Labute approximate surface area is 297 Å². The number of aliphatic hydroxyl groups is 1. The molecule has 3 unspecified atom stereocenters. The molecule has 2 heterocycles. The summed E-state index contributed by atoms with van der Waals surface area (Å²) in [6, 6.07) is 26.1. The molecule has 3 atom stereocenters. The van der Waals surface area contributed by atoms with Gasteiger partial charge in [-0.15, -0.1) is 11.3 Å². The first-order chi connectivity index (χ1) is 24.1. The van der Waals surface area contributed by atoms with E-state index in [0.29, 0.717) is 30.9 Å². The molecule has 2 amide bonds. The van der Waals surface area contributed by atoms with Crippen molar-refractivity contribution in [3.8, 4) is 11.5 Å². The fourth-order valence-corrected chi connectivity index (χ4v) is 6.78. The number of fused-ring (bicyclic) bond motifs is 1. The van der Waals surface area contributed by atoms with Crippen LogP contribution in [-0.2, 0) is 29.1 Å². The Balaban J connectivity index is 1.41. The second-order valence-corrected chi connectivity index (χ2v) is 13.8. The predicted octanol–water partition coefficient (Wildman–Crippen LogP) is 6.23. The van der Waals surface area contributed by atoms with Gasteiger partial charge in [-0.3, -0.25) is 9.59 Å². The van der Waals surface area contributed by atoms with Gasteiger partial charge in [-0.05, 0) is 77.9 Å². The summed E-state index contributed by atoms with van der Waals surface area (Å²) in [7, 11) is 3.30. The summed E-state index contributed by atoms with van der Waals surface area (Å²) in [5, 5.41) is 18.0. The first-order valence-corrected chi connectivity index (χ1v) is 17.5. The number of nitrogens with zero attached hydrogens (tertiary/aromatic N) is 3. The molecule has 0 spiro atoms. The number of aliphatic hydroxyl groups excluding tert-OH is 1. The number of para-hydroxylation sites is 1. The van der Waals surface area contributed by atoms with E-state index in [1.165, 1.54) is 18.3 Å². The highest BCUT2D eigenvalue weighted by Gasteiger charge is 2.30. The predicted molar refractivity (Wildman–Crippen MR) is 197 cm³/mol. The van der Waals surface area contributed by atoms with E-state index in [9.17, 15) is 14.7 Å². The molecule has 50 heavy (non-hydrogen) atoms.